The van der Waals surface area contributed by atoms with Crippen molar-refractivity contribution >= 4 is 35.4 Å². The first-order valence-corrected chi connectivity index (χ1v) is 17.5. The van der Waals surface area contributed by atoms with Crippen molar-refractivity contribution in [2.45, 2.75) is 90.5 Å². The van der Waals surface area contributed by atoms with Gasteiger partial charge in [-0.2, -0.15) is 13.2 Å². The van der Waals surface area contributed by atoms with Crippen LogP contribution in [0.2, 0.25) is 0 Å². The summed E-state index contributed by atoms with van der Waals surface area (Å²) in [7, 11) is 1.39. The average Bonchev–Trinajstić information content (AvgIpc) is 3.45. The lowest BCUT2D eigenvalue weighted by Crippen LogP contribution is -2.51. The van der Waals surface area contributed by atoms with Crippen LogP contribution in [0, 0.1) is 5.82 Å². The fourth-order valence-electron chi connectivity index (χ4n) is 5.55. The van der Waals surface area contributed by atoms with Crippen LogP contribution in [-0.4, -0.2) is 117 Å². The highest BCUT2D eigenvalue weighted by atomic mass is 19.4. The number of esters is 1. The maximum absolute atomic E-state index is 17.0. The highest BCUT2D eigenvalue weighted by molar-refractivity contribution is 6.03. The second kappa shape index (κ2) is 19.6. The van der Waals surface area contributed by atoms with Crippen LogP contribution < -0.4 is 14.5 Å². The zero-order valence-corrected chi connectivity index (χ0v) is 32.5. The molecule has 0 fully saturated rings. The standard InChI is InChI=1S/C37H47F6N3O11/c1-35(2,3)56-28(47)19-45(32(48)37(41,42)43)30-26(54-20-22-11-9-8-10-12-22)16-25-24(29(30)38)15-23(46(25)33(49)50)17-44(34(51)57-36(4,5)6)18-27(31(39)40)55-21-53-14-13-52-7/h8-12,16,23,27,31H,13-15,17-21H2,1-7H3,(H,49,50)/t23-,27?/m1/s1. The Kier molecular flexibility index (Phi) is 16.0. The maximum Gasteiger partial charge on any atom is 0.471 e. The number of nitrogens with zero attached hydrogens (tertiary/aromatic N) is 3. The van der Waals surface area contributed by atoms with Gasteiger partial charge in [-0.15, -0.1) is 0 Å². The molecule has 0 spiro atoms. The number of carbonyl (C=O) groups is 4. The molecule has 1 heterocycles. The van der Waals surface area contributed by atoms with Gasteiger partial charge in [-0.3, -0.25) is 19.4 Å². The molecule has 1 unspecified atom stereocenters. The van der Waals surface area contributed by atoms with Crippen molar-refractivity contribution in [3.8, 4) is 5.75 Å². The molecule has 2 aromatic carbocycles. The largest absolute Gasteiger partial charge is 0.487 e. The van der Waals surface area contributed by atoms with Gasteiger partial charge >= 0.3 is 30.2 Å². The molecule has 2 aromatic rings. The summed E-state index contributed by atoms with van der Waals surface area (Å²) >= 11 is 0. The zero-order chi connectivity index (χ0) is 42.9. The molecule has 0 bridgehead atoms. The second-order valence-corrected chi connectivity index (χ2v) is 14.7. The highest BCUT2D eigenvalue weighted by Crippen LogP contribution is 2.45. The van der Waals surface area contributed by atoms with Gasteiger partial charge < -0.3 is 38.4 Å². The molecule has 57 heavy (non-hydrogen) atoms. The number of anilines is 2. The third-order valence-electron chi connectivity index (χ3n) is 7.82. The average molecular weight is 824 g/mol. The molecule has 1 aliphatic heterocycles. The van der Waals surface area contributed by atoms with Crippen molar-refractivity contribution in [2.75, 3.05) is 56.6 Å². The first-order chi connectivity index (χ1) is 26.4. The molecule has 0 aliphatic carbocycles. The molecular formula is C37H47F6N3O11. The van der Waals surface area contributed by atoms with E-state index < -0.39 is 128 Å². The number of alkyl halides is 5. The number of fused-ring (bicyclic) bond motifs is 1. The molecule has 0 aromatic heterocycles. The first kappa shape index (κ1) is 46.6. The summed E-state index contributed by atoms with van der Waals surface area (Å²) in [6.07, 6.45) is -14.4. The number of carbonyl (C=O) groups excluding carboxylic acids is 3. The Morgan fingerprint density at radius 1 is 0.965 bits per heavy atom. The highest BCUT2D eigenvalue weighted by Gasteiger charge is 2.48. The first-order valence-electron chi connectivity index (χ1n) is 17.5. The Morgan fingerprint density at radius 2 is 1.60 bits per heavy atom. The van der Waals surface area contributed by atoms with Crippen molar-refractivity contribution in [1.82, 2.24) is 4.90 Å². The molecule has 1 aliphatic rings. The lowest BCUT2D eigenvalue weighted by atomic mass is 10.1. The van der Waals surface area contributed by atoms with Crippen LogP contribution in [0.3, 0.4) is 0 Å². The van der Waals surface area contributed by atoms with Crippen molar-refractivity contribution in [3.05, 3.63) is 53.3 Å². The fraction of sp³-hybridized carbons (Fsp3) is 0.568. The molecule has 14 nitrogen and oxygen atoms in total. The van der Waals surface area contributed by atoms with Crippen LogP contribution in [0.5, 0.6) is 5.75 Å². The van der Waals surface area contributed by atoms with Crippen LogP contribution in [0.25, 0.3) is 0 Å². The lowest BCUT2D eigenvalue weighted by molar-refractivity contribution is -0.171. The molecule has 3 rings (SSSR count). The van der Waals surface area contributed by atoms with E-state index in [-0.39, 0.29) is 18.1 Å². The number of halogens is 6. The van der Waals surface area contributed by atoms with Gasteiger partial charge in [0.1, 0.15) is 48.7 Å². The van der Waals surface area contributed by atoms with Crippen LogP contribution in [0.1, 0.15) is 52.7 Å². The Hall–Kier alpha value is -4.82. The summed E-state index contributed by atoms with van der Waals surface area (Å²) in [5.41, 5.74) is -4.11. The van der Waals surface area contributed by atoms with E-state index in [1.807, 2.05) is 0 Å². The minimum absolute atomic E-state index is 0.00941. The molecule has 0 saturated carbocycles. The van der Waals surface area contributed by atoms with Gasteiger partial charge in [0.25, 0.3) is 6.43 Å². The smallest absolute Gasteiger partial charge is 0.471 e. The number of methoxy groups -OCH3 is 1. The number of ether oxygens (including phenoxy) is 6. The topological polar surface area (TPSA) is 154 Å². The molecule has 318 valence electrons. The van der Waals surface area contributed by atoms with Crippen LogP contribution in [-0.2, 0) is 46.3 Å². The van der Waals surface area contributed by atoms with E-state index in [0.29, 0.717) is 10.5 Å². The van der Waals surface area contributed by atoms with E-state index in [1.54, 1.807) is 30.3 Å². The number of rotatable bonds is 17. The van der Waals surface area contributed by atoms with E-state index in [9.17, 15) is 46.2 Å². The van der Waals surface area contributed by atoms with Crippen molar-refractivity contribution in [3.63, 3.8) is 0 Å². The fourth-order valence-corrected chi connectivity index (χ4v) is 5.55. The van der Waals surface area contributed by atoms with Crippen molar-refractivity contribution in [1.29, 1.82) is 0 Å². The monoisotopic (exact) mass is 823 g/mol. The molecule has 1 N–H and O–H groups in total. The Balaban J connectivity index is 2.17. The number of carboxylic acid groups (broad SMARTS) is 1. The maximum atomic E-state index is 17.0. The predicted octanol–water partition coefficient (Wildman–Crippen LogP) is 6.56. The summed E-state index contributed by atoms with van der Waals surface area (Å²) in [6, 6.07) is 7.42. The van der Waals surface area contributed by atoms with E-state index >= 15 is 4.39 Å². The van der Waals surface area contributed by atoms with Gasteiger partial charge in [0, 0.05) is 31.7 Å². The van der Waals surface area contributed by atoms with E-state index in [4.69, 9.17) is 28.4 Å². The summed E-state index contributed by atoms with van der Waals surface area (Å²) in [5.74, 6) is -6.32. The number of amides is 3. The summed E-state index contributed by atoms with van der Waals surface area (Å²) in [6.45, 7) is 4.75. The van der Waals surface area contributed by atoms with Crippen LogP contribution in [0.15, 0.2) is 36.4 Å². The number of hydrogen-bond acceptors (Lipinski definition) is 10. The van der Waals surface area contributed by atoms with Crippen LogP contribution in [0.4, 0.5) is 47.3 Å². The van der Waals surface area contributed by atoms with Gasteiger partial charge in [-0.1, -0.05) is 30.3 Å². The minimum atomic E-state index is -5.65. The molecule has 3 amide bonds. The SMILES string of the molecule is COCCOCOC(CN(C[C@H]1Cc2c(cc(OCc3ccccc3)c(N(CC(=O)OC(C)(C)C)C(=O)C(F)(F)F)c2F)N1C(=O)O)C(=O)OC(C)(C)C)C(F)F. The summed E-state index contributed by atoms with van der Waals surface area (Å²) < 4.78 is 119. The van der Waals surface area contributed by atoms with Gasteiger partial charge in [-0.25, -0.2) is 22.8 Å². The molecule has 2 atom stereocenters. The summed E-state index contributed by atoms with van der Waals surface area (Å²) in [5, 5.41) is 10.4. The molecule has 0 saturated heterocycles. The summed E-state index contributed by atoms with van der Waals surface area (Å²) in [4.78, 5) is 53.2. The minimum Gasteiger partial charge on any atom is -0.487 e. The van der Waals surface area contributed by atoms with Crippen LogP contribution >= 0.6 is 0 Å². The molecule has 0 radical (unpaired) electrons. The lowest BCUT2D eigenvalue weighted by Gasteiger charge is -2.33. The predicted molar refractivity (Wildman–Crippen MR) is 191 cm³/mol. The number of benzene rings is 2. The van der Waals surface area contributed by atoms with Gasteiger partial charge in [0.2, 0.25) is 0 Å². The Bertz CT molecular complexity index is 1700. The molecule has 20 heteroatoms. The van der Waals surface area contributed by atoms with Gasteiger partial charge in [-0.05, 0) is 47.1 Å². The van der Waals surface area contributed by atoms with Gasteiger partial charge in [0.15, 0.2) is 5.82 Å². The quantitative estimate of drug-likeness (QED) is 0.0799. The van der Waals surface area contributed by atoms with Gasteiger partial charge in [0.05, 0.1) is 31.5 Å². The van der Waals surface area contributed by atoms with E-state index in [1.165, 1.54) is 48.7 Å². The van der Waals surface area contributed by atoms with E-state index in [2.05, 4.69) is 0 Å². The normalized spacial score (nSPS) is 14.9. The number of hydrogen-bond donors (Lipinski definition) is 1. The molecular weight excluding hydrogens is 776 g/mol. The van der Waals surface area contributed by atoms with Crippen molar-refractivity contribution < 1.29 is 79.0 Å². The van der Waals surface area contributed by atoms with Crippen molar-refractivity contribution in [2.24, 2.45) is 0 Å². The van der Waals surface area contributed by atoms with E-state index in [0.717, 1.165) is 11.0 Å². The third kappa shape index (κ3) is 13.7. The zero-order valence-electron chi connectivity index (χ0n) is 32.5. The Morgan fingerprint density at radius 3 is 2.14 bits per heavy atom. The second-order valence-electron chi connectivity index (χ2n) is 14.7. The third-order valence-corrected chi connectivity index (χ3v) is 7.82. The Labute approximate surface area is 325 Å².